The van der Waals surface area contributed by atoms with Crippen LogP contribution in [0.25, 0.3) is 0 Å². The van der Waals surface area contributed by atoms with Crippen molar-refractivity contribution in [1.82, 2.24) is 4.90 Å². The van der Waals surface area contributed by atoms with Crippen molar-refractivity contribution in [1.29, 1.82) is 0 Å². The predicted octanol–water partition coefficient (Wildman–Crippen LogP) is 4.33. The maximum Gasteiger partial charge on any atom is 0.238 e. The maximum atomic E-state index is 12.7. The van der Waals surface area contributed by atoms with Gasteiger partial charge in [-0.3, -0.25) is 14.5 Å². The van der Waals surface area contributed by atoms with Crippen molar-refractivity contribution >= 4 is 51.7 Å². The second-order valence-corrected chi connectivity index (χ2v) is 7.69. The number of hydrogen-bond donors (Lipinski definition) is 1. The summed E-state index contributed by atoms with van der Waals surface area (Å²) in [5.41, 5.74) is 1.29. The zero-order valence-corrected chi connectivity index (χ0v) is 17.1. The first-order valence-electron chi connectivity index (χ1n) is 8.77. The lowest BCUT2D eigenvalue weighted by molar-refractivity contribution is -0.128. The molecule has 3 rings (SSSR count). The first-order valence-corrected chi connectivity index (χ1v) is 10.0. The molecule has 2 aromatic rings. The van der Waals surface area contributed by atoms with Gasteiger partial charge < -0.3 is 10.1 Å². The van der Waals surface area contributed by atoms with Crippen molar-refractivity contribution in [2.75, 3.05) is 19.0 Å². The Morgan fingerprint density at radius 3 is 2.79 bits per heavy atom. The molecule has 1 aliphatic rings. The summed E-state index contributed by atoms with van der Waals surface area (Å²) < 4.78 is 5.45. The molecule has 28 heavy (non-hydrogen) atoms. The first kappa shape index (κ1) is 20.2. The molecule has 8 heteroatoms. The number of aliphatic imine (C=N–C) groups is 1. The van der Waals surface area contributed by atoms with Gasteiger partial charge in [0.1, 0.15) is 11.0 Å². The molecule has 1 heterocycles. The van der Waals surface area contributed by atoms with Gasteiger partial charge in [0.2, 0.25) is 11.8 Å². The molecule has 0 saturated carbocycles. The molecule has 0 aromatic heterocycles. The smallest absolute Gasteiger partial charge is 0.238 e. The summed E-state index contributed by atoms with van der Waals surface area (Å²) in [6, 6.07) is 14.1. The van der Waals surface area contributed by atoms with Crippen LogP contribution in [0, 0.1) is 0 Å². The van der Waals surface area contributed by atoms with Crippen LogP contribution in [0.2, 0.25) is 5.02 Å². The Kier molecular flexibility index (Phi) is 6.59. The van der Waals surface area contributed by atoms with Crippen molar-refractivity contribution < 1.29 is 14.3 Å². The summed E-state index contributed by atoms with van der Waals surface area (Å²) in [5, 5.41) is 3.37. The first-order chi connectivity index (χ1) is 13.5. The van der Waals surface area contributed by atoms with Gasteiger partial charge in [-0.2, -0.15) is 0 Å². The molecule has 0 aliphatic carbocycles. The van der Waals surface area contributed by atoms with Gasteiger partial charge in [-0.1, -0.05) is 29.4 Å². The summed E-state index contributed by atoms with van der Waals surface area (Å²) in [7, 11) is 1.66. The van der Waals surface area contributed by atoms with Gasteiger partial charge in [-0.15, -0.1) is 0 Å². The highest BCUT2D eigenvalue weighted by Crippen LogP contribution is 2.29. The average molecular weight is 418 g/mol. The number of nitrogens with zero attached hydrogens (tertiary/aromatic N) is 2. The van der Waals surface area contributed by atoms with Crippen LogP contribution in [0.5, 0.6) is 5.75 Å². The number of amidine groups is 1. The highest BCUT2D eigenvalue weighted by atomic mass is 35.5. The SMILES string of the molecule is CCOc1cccc(NC(=O)C2CC(=O)N(C)C(=Nc3ccc(Cl)cc3)S2)c1. The number of benzene rings is 2. The number of thioether (sulfide) groups is 1. The minimum atomic E-state index is -0.564. The van der Waals surface area contributed by atoms with Crippen LogP contribution in [-0.4, -0.2) is 40.8 Å². The van der Waals surface area contributed by atoms with Crippen LogP contribution in [0.15, 0.2) is 53.5 Å². The van der Waals surface area contributed by atoms with E-state index in [-0.39, 0.29) is 18.2 Å². The fraction of sp³-hybridized carbons (Fsp3) is 0.250. The molecule has 0 bridgehead atoms. The van der Waals surface area contributed by atoms with Crippen molar-refractivity contribution in [2.45, 2.75) is 18.6 Å². The van der Waals surface area contributed by atoms with E-state index < -0.39 is 5.25 Å². The van der Waals surface area contributed by atoms with E-state index >= 15 is 0 Å². The van der Waals surface area contributed by atoms with Crippen LogP contribution in [0.3, 0.4) is 0 Å². The molecule has 1 fully saturated rings. The Bertz CT molecular complexity index is 902. The van der Waals surface area contributed by atoms with Crippen molar-refractivity contribution in [3.63, 3.8) is 0 Å². The van der Waals surface area contributed by atoms with E-state index in [2.05, 4.69) is 10.3 Å². The maximum absolute atomic E-state index is 12.7. The number of nitrogens with one attached hydrogen (secondary N) is 1. The van der Waals surface area contributed by atoms with Gasteiger partial charge in [0.25, 0.3) is 0 Å². The van der Waals surface area contributed by atoms with Gasteiger partial charge in [0, 0.05) is 30.2 Å². The van der Waals surface area contributed by atoms with Gasteiger partial charge in [-0.05, 0) is 43.3 Å². The Labute approximate surface area is 172 Å². The van der Waals surface area contributed by atoms with Gasteiger partial charge in [-0.25, -0.2) is 4.99 Å². The van der Waals surface area contributed by atoms with Crippen LogP contribution in [0.1, 0.15) is 13.3 Å². The molecule has 1 unspecified atom stereocenters. The summed E-state index contributed by atoms with van der Waals surface area (Å²) in [6.45, 7) is 2.44. The molecule has 146 valence electrons. The van der Waals surface area contributed by atoms with Gasteiger partial charge in [0.05, 0.1) is 12.3 Å². The summed E-state index contributed by atoms with van der Waals surface area (Å²) >= 11 is 7.16. The number of ether oxygens (including phenoxy) is 1. The lowest BCUT2D eigenvalue weighted by atomic mass is 10.2. The number of anilines is 1. The lowest BCUT2D eigenvalue weighted by Crippen LogP contribution is -2.43. The third kappa shape index (κ3) is 5.05. The molecule has 1 aliphatic heterocycles. The second-order valence-electron chi connectivity index (χ2n) is 6.08. The zero-order valence-electron chi connectivity index (χ0n) is 15.5. The van der Waals surface area contributed by atoms with Crippen LogP contribution < -0.4 is 10.1 Å². The largest absolute Gasteiger partial charge is 0.494 e. The Hall–Kier alpha value is -2.51. The summed E-state index contributed by atoms with van der Waals surface area (Å²) in [4.78, 5) is 31.0. The molecular weight excluding hydrogens is 398 g/mol. The van der Waals surface area contributed by atoms with E-state index in [9.17, 15) is 9.59 Å². The summed E-state index contributed by atoms with van der Waals surface area (Å²) in [6.07, 6.45) is 0.109. The van der Waals surface area contributed by atoms with E-state index in [1.54, 1.807) is 49.5 Å². The fourth-order valence-electron chi connectivity index (χ4n) is 2.58. The van der Waals surface area contributed by atoms with E-state index in [1.165, 1.54) is 16.7 Å². The third-order valence-corrected chi connectivity index (χ3v) is 5.52. The zero-order chi connectivity index (χ0) is 20.1. The number of rotatable bonds is 5. The van der Waals surface area contributed by atoms with Crippen molar-refractivity contribution in [3.8, 4) is 5.75 Å². The standard InChI is InChI=1S/C20H20ClN3O3S/c1-3-27-16-6-4-5-15(11-16)22-19(26)17-12-18(25)24(2)20(28-17)23-14-9-7-13(21)8-10-14/h4-11,17H,3,12H2,1-2H3,(H,22,26). The highest BCUT2D eigenvalue weighted by Gasteiger charge is 2.34. The highest BCUT2D eigenvalue weighted by molar-refractivity contribution is 8.15. The quantitative estimate of drug-likeness (QED) is 0.786. The molecule has 1 atom stereocenters. The predicted molar refractivity (Wildman–Crippen MR) is 114 cm³/mol. The number of carbonyl (C=O) groups is 2. The van der Waals surface area contributed by atoms with Gasteiger partial charge >= 0.3 is 0 Å². The van der Waals surface area contributed by atoms with E-state index in [0.29, 0.717) is 33.9 Å². The Morgan fingerprint density at radius 1 is 1.32 bits per heavy atom. The Balaban J connectivity index is 1.74. The average Bonchev–Trinajstić information content (AvgIpc) is 2.67. The molecule has 1 saturated heterocycles. The monoisotopic (exact) mass is 417 g/mol. The lowest BCUT2D eigenvalue weighted by Gasteiger charge is -2.28. The number of amides is 2. The minimum absolute atomic E-state index is 0.109. The van der Waals surface area contributed by atoms with Gasteiger partial charge in [0.15, 0.2) is 5.17 Å². The van der Waals surface area contributed by atoms with E-state index in [1.807, 2.05) is 13.0 Å². The molecule has 2 aromatic carbocycles. The number of carbonyl (C=O) groups excluding carboxylic acids is 2. The van der Waals surface area contributed by atoms with E-state index in [0.717, 1.165) is 0 Å². The molecular formula is C20H20ClN3O3S. The molecule has 0 radical (unpaired) electrons. The third-order valence-electron chi connectivity index (χ3n) is 4.03. The molecule has 1 N–H and O–H groups in total. The van der Waals surface area contributed by atoms with E-state index in [4.69, 9.17) is 16.3 Å². The second kappa shape index (κ2) is 9.12. The molecule has 2 amide bonds. The van der Waals surface area contributed by atoms with Crippen molar-refractivity contribution in [3.05, 3.63) is 53.6 Å². The Morgan fingerprint density at radius 2 is 2.07 bits per heavy atom. The number of halogens is 1. The van der Waals surface area contributed by atoms with Crippen molar-refractivity contribution in [2.24, 2.45) is 4.99 Å². The molecule has 0 spiro atoms. The normalized spacial score (nSPS) is 18.2. The van der Waals surface area contributed by atoms with Crippen LogP contribution in [-0.2, 0) is 9.59 Å². The minimum Gasteiger partial charge on any atom is -0.494 e. The molecule has 6 nitrogen and oxygen atoms in total. The van der Waals surface area contributed by atoms with Crippen LogP contribution >= 0.6 is 23.4 Å². The topological polar surface area (TPSA) is 71.0 Å². The number of hydrogen-bond acceptors (Lipinski definition) is 5. The van der Waals surface area contributed by atoms with Crippen LogP contribution in [0.4, 0.5) is 11.4 Å². The summed E-state index contributed by atoms with van der Waals surface area (Å²) in [5.74, 6) is 0.274. The fourth-order valence-corrected chi connectivity index (χ4v) is 3.77.